The Labute approximate surface area is 88.1 Å². The van der Waals surface area contributed by atoms with Gasteiger partial charge in [0.25, 0.3) is 0 Å². The Balaban J connectivity index is 2.37. The van der Waals surface area contributed by atoms with Gasteiger partial charge in [0.15, 0.2) is 0 Å². The molecule has 3 heteroatoms. The molecule has 2 rings (SSSR count). The third-order valence-corrected chi connectivity index (χ3v) is 2.93. The van der Waals surface area contributed by atoms with Crippen LogP contribution in [0.25, 0.3) is 0 Å². The Morgan fingerprint density at radius 2 is 2.20 bits per heavy atom. The summed E-state index contributed by atoms with van der Waals surface area (Å²) >= 11 is 0. The van der Waals surface area contributed by atoms with Crippen LogP contribution in [0.15, 0.2) is 18.2 Å². The molecule has 15 heavy (non-hydrogen) atoms. The normalized spacial score (nSPS) is 25.4. The molecule has 80 valence electrons. The van der Waals surface area contributed by atoms with Gasteiger partial charge < -0.3 is 4.74 Å². The van der Waals surface area contributed by atoms with Crippen molar-refractivity contribution in [2.45, 2.75) is 32.3 Å². The summed E-state index contributed by atoms with van der Waals surface area (Å²) in [5.74, 6) is -0.463. The lowest BCUT2D eigenvalue weighted by molar-refractivity contribution is -0.147. The topological polar surface area (TPSA) is 26.3 Å². The monoisotopic (exact) mass is 208 g/mol. The summed E-state index contributed by atoms with van der Waals surface area (Å²) in [5.41, 5.74) is 0.689. The fraction of sp³-hybridized carbons (Fsp3) is 0.417. The Hall–Kier alpha value is -1.38. The van der Waals surface area contributed by atoms with Crippen molar-refractivity contribution in [3.05, 3.63) is 35.1 Å². The predicted molar refractivity (Wildman–Crippen MR) is 53.8 cm³/mol. The Morgan fingerprint density at radius 3 is 2.73 bits per heavy atom. The molecule has 0 spiro atoms. The lowest BCUT2D eigenvalue weighted by atomic mass is 9.92. The second-order valence-corrected chi connectivity index (χ2v) is 4.17. The van der Waals surface area contributed by atoms with Gasteiger partial charge in [0.2, 0.25) is 0 Å². The fourth-order valence-corrected chi connectivity index (χ4v) is 1.82. The van der Waals surface area contributed by atoms with E-state index in [0.29, 0.717) is 18.4 Å². The second kappa shape index (κ2) is 3.33. The molecule has 1 unspecified atom stereocenters. The molecule has 1 aliphatic heterocycles. The Kier molecular flexibility index (Phi) is 2.25. The highest BCUT2D eigenvalue weighted by molar-refractivity contribution is 5.72. The highest BCUT2D eigenvalue weighted by atomic mass is 19.1. The number of hydrogen-bond donors (Lipinski definition) is 0. The standard InChI is InChI=1S/C12H13FO2/c1-8-3-4-9(7-10(8)13)12(2)6-5-11(14)15-12/h3-4,7H,5-6H2,1-2H3. The number of rotatable bonds is 1. The molecule has 2 nitrogen and oxygen atoms in total. The summed E-state index contributed by atoms with van der Waals surface area (Å²) in [4.78, 5) is 11.1. The zero-order chi connectivity index (χ0) is 11.1. The highest BCUT2D eigenvalue weighted by Crippen LogP contribution is 2.36. The number of halogens is 1. The SMILES string of the molecule is Cc1ccc(C2(C)CCC(=O)O2)cc1F. The number of carbonyl (C=O) groups is 1. The zero-order valence-corrected chi connectivity index (χ0v) is 8.84. The van der Waals surface area contributed by atoms with Crippen molar-refractivity contribution < 1.29 is 13.9 Å². The van der Waals surface area contributed by atoms with E-state index >= 15 is 0 Å². The van der Waals surface area contributed by atoms with Crippen molar-refractivity contribution in [2.24, 2.45) is 0 Å². The van der Waals surface area contributed by atoms with Crippen LogP contribution in [-0.4, -0.2) is 5.97 Å². The van der Waals surface area contributed by atoms with Gasteiger partial charge in [-0.15, -0.1) is 0 Å². The lowest BCUT2D eigenvalue weighted by Crippen LogP contribution is -2.21. The summed E-state index contributed by atoms with van der Waals surface area (Å²) in [7, 11) is 0. The van der Waals surface area contributed by atoms with Crippen LogP contribution in [0.1, 0.15) is 30.9 Å². The van der Waals surface area contributed by atoms with Gasteiger partial charge in [0.1, 0.15) is 11.4 Å². The first-order valence-electron chi connectivity index (χ1n) is 5.00. The van der Waals surface area contributed by atoms with Gasteiger partial charge in [-0.25, -0.2) is 4.39 Å². The van der Waals surface area contributed by atoms with E-state index in [-0.39, 0.29) is 11.8 Å². The number of ether oxygens (including phenoxy) is 1. The molecule has 0 amide bonds. The van der Waals surface area contributed by atoms with Crippen LogP contribution in [0, 0.1) is 12.7 Å². The van der Waals surface area contributed by atoms with E-state index in [9.17, 15) is 9.18 Å². The zero-order valence-electron chi connectivity index (χ0n) is 8.84. The number of esters is 1. The molecule has 1 atom stereocenters. The molecule has 0 aliphatic carbocycles. The van der Waals surface area contributed by atoms with Crippen molar-refractivity contribution in [2.75, 3.05) is 0 Å². The minimum Gasteiger partial charge on any atom is -0.454 e. The van der Waals surface area contributed by atoms with Gasteiger partial charge in [-0.05, 0) is 31.0 Å². The number of cyclic esters (lactones) is 1. The molecular weight excluding hydrogens is 195 g/mol. The number of aryl methyl sites for hydroxylation is 1. The summed E-state index contributed by atoms with van der Waals surface area (Å²) < 4.78 is 18.6. The number of carbonyl (C=O) groups excluding carboxylic acids is 1. The van der Waals surface area contributed by atoms with Gasteiger partial charge in [0.05, 0.1) is 0 Å². The van der Waals surface area contributed by atoms with Gasteiger partial charge in [-0.3, -0.25) is 4.79 Å². The summed E-state index contributed by atoms with van der Waals surface area (Å²) in [6.45, 7) is 3.53. The predicted octanol–water partition coefficient (Wildman–Crippen LogP) is 2.69. The molecule has 1 saturated heterocycles. The Bertz CT molecular complexity index is 414. The van der Waals surface area contributed by atoms with Gasteiger partial charge in [-0.2, -0.15) is 0 Å². The number of hydrogen-bond acceptors (Lipinski definition) is 2. The summed E-state index contributed by atoms with van der Waals surface area (Å²) in [6, 6.07) is 4.98. The van der Waals surface area contributed by atoms with Gasteiger partial charge in [0, 0.05) is 12.8 Å². The second-order valence-electron chi connectivity index (χ2n) is 4.17. The fourth-order valence-electron chi connectivity index (χ4n) is 1.82. The summed E-state index contributed by atoms with van der Waals surface area (Å²) in [6.07, 6.45) is 1.03. The smallest absolute Gasteiger partial charge is 0.306 e. The van der Waals surface area contributed by atoms with Gasteiger partial charge in [-0.1, -0.05) is 12.1 Å². The van der Waals surface area contributed by atoms with Crippen LogP contribution >= 0.6 is 0 Å². The minimum atomic E-state index is -0.647. The Morgan fingerprint density at radius 1 is 1.47 bits per heavy atom. The van der Waals surface area contributed by atoms with E-state index in [4.69, 9.17) is 4.74 Å². The maximum Gasteiger partial charge on any atom is 0.306 e. The van der Waals surface area contributed by atoms with Crippen LogP contribution in [0.2, 0.25) is 0 Å². The van der Waals surface area contributed by atoms with Crippen molar-refractivity contribution >= 4 is 5.97 Å². The van der Waals surface area contributed by atoms with Crippen LogP contribution in [0.3, 0.4) is 0 Å². The molecule has 1 aliphatic rings. The van der Waals surface area contributed by atoms with Gasteiger partial charge >= 0.3 is 5.97 Å². The van der Waals surface area contributed by atoms with Crippen molar-refractivity contribution in [3.63, 3.8) is 0 Å². The minimum absolute atomic E-state index is 0.210. The summed E-state index contributed by atoms with van der Waals surface area (Å²) in [5, 5.41) is 0. The molecule has 1 fully saturated rings. The first kappa shape index (κ1) is 10.1. The number of benzene rings is 1. The lowest BCUT2D eigenvalue weighted by Gasteiger charge is -2.23. The molecule has 0 saturated carbocycles. The van der Waals surface area contributed by atoms with Crippen LogP contribution in [0.4, 0.5) is 4.39 Å². The quantitative estimate of drug-likeness (QED) is 0.663. The average molecular weight is 208 g/mol. The molecular formula is C12H13FO2. The first-order chi connectivity index (χ1) is 7.01. The van der Waals surface area contributed by atoms with E-state index < -0.39 is 5.60 Å². The van der Waals surface area contributed by atoms with Crippen LogP contribution in [-0.2, 0) is 15.1 Å². The van der Waals surface area contributed by atoms with Crippen LogP contribution in [0.5, 0.6) is 0 Å². The first-order valence-corrected chi connectivity index (χ1v) is 5.00. The van der Waals surface area contributed by atoms with E-state index in [0.717, 1.165) is 5.56 Å². The molecule has 1 aromatic carbocycles. The molecule has 1 heterocycles. The van der Waals surface area contributed by atoms with Crippen molar-refractivity contribution in [1.82, 2.24) is 0 Å². The van der Waals surface area contributed by atoms with Crippen LogP contribution < -0.4 is 0 Å². The molecule has 0 aromatic heterocycles. The average Bonchev–Trinajstić information content (AvgIpc) is 2.52. The maximum atomic E-state index is 13.4. The van der Waals surface area contributed by atoms with E-state index in [1.807, 2.05) is 13.0 Å². The largest absolute Gasteiger partial charge is 0.454 e. The maximum absolute atomic E-state index is 13.4. The highest BCUT2D eigenvalue weighted by Gasteiger charge is 2.37. The van der Waals surface area contributed by atoms with E-state index in [2.05, 4.69) is 0 Å². The van der Waals surface area contributed by atoms with Crippen molar-refractivity contribution in [1.29, 1.82) is 0 Å². The third-order valence-electron chi connectivity index (χ3n) is 2.93. The third kappa shape index (κ3) is 1.74. The molecule has 0 N–H and O–H groups in total. The molecule has 0 radical (unpaired) electrons. The molecule has 1 aromatic rings. The van der Waals surface area contributed by atoms with E-state index in [1.54, 1.807) is 13.0 Å². The molecule has 0 bridgehead atoms. The van der Waals surface area contributed by atoms with Crippen molar-refractivity contribution in [3.8, 4) is 0 Å². The van der Waals surface area contributed by atoms with E-state index in [1.165, 1.54) is 6.07 Å².